The van der Waals surface area contributed by atoms with Gasteiger partial charge in [-0.3, -0.25) is 9.78 Å². The maximum atomic E-state index is 13.0. The fourth-order valence-corrected chi connectivity index (χ4v) is 2.27. The number of hydrogen-bond donors (Lipinski definition) is 2. The first-order valence-corrected chi connectivity index (χ1v) is 7.26. The summed E-state index contributed by atoms with van der Waals surface area (Å²) in [5, 5.41) is 12.9. The molecule has 2 N–H and O–H groups in total. The molecule has 1 unspecified atom stereocenters. The number of aromatic nitrogens is 1. The summed E-state index contributed by atoms with van der Waals surface area (Å²) in [4.78, 5) is 15.6. The molecule has 0 aliphatic rings. The minimum atomic E-state index is -0.481. The first kappa shape index (κ1) is 17.6. The van der Waals surface area contributed by atoms with E-state index in [1.54, 1.807) is 6.20 Å². The third-order valence-corrected chi connectivity index (χ3v) is 3.58. The van der Waals surface area contributed by atoms with Crippen LogP contribution in [0.3, 0.4) is 0 Å². The van der Waals surface area contributed by atoms with Crippen LogP contribution in [0.1, 0.15) is 39.7 Å². The fraction of sp³-hybridized carbons (Fsp3) is 0.625. The lowest BCUT2D eigenvalue weighted by Gasteiger charge is -2.33. The normalized spacial score (nSPS) is 13.3. The molecule has 1 aromatic heterocycles. The second-order valence-electron chi connectivity index (χ2n) is 6.47. The molecule has 1 rings (SSSR count). The van der Waals surface area contributed by atoms with Crippen LogP contribution in [0.4, 0.5) is 4.39 Å². The van der Waals surface area contributed by atoms with Crippen LogP contribution in [0.15, 0.2) is 18.5 Å². The molecule has 1 amide bonds. The summed E-state index contributed by atoms with van der Waals surface area (Å²) in [6, 6.07) is 1.38. The van der Waals surface area contributed by atoms with Crippen molar-refractivity contribution in [3.8, 4) is 0 Å². The zero-order valence-electron chi connectivity index (χ0n) is 13.2. The molecule has 0 saturated carbocycles. The van der Waals surface area contributed by atoms with E-state index in [4.69, 9.17) is 0 Å². The minimum absolute atomic E-state index is 0.108. The molecule has 0 radical (unpaired) electrons. The van der Waals surface area contributed by atoms with Crippen molar-refractivity contribution in [1.82, 2.24) is 10.3 Å². The summed E-state index contributed by atoms with van der Waals surface area (Å²) in [7, 11) is 0. The minimum Gasteiger partial charge on any atom is -0.392 e. The van der Waals surface area contributed by atoms with Crippen molar-refractivity contribution in [2.75, 3.05) is 6.54 Å². The first-order valence-electron chi connectivity index (χ1n) is 7.26. The van der Waals surface area contributed by atoms with Crippen LogP contribution in [-0.4, -0.2) is 28.6 Å². The molecule has 1 heterocycles. The highest BCUT2D eigenvalue weighted by molar-refractivity contribution is 5.76. The number of carbonyl (C=O) groups is 1. The Balaban J connectivity index is 2.41. The molecule has 0 aromatic carbocycles. The molecule has 1 aromatic rings. The molecule has 0 spiro atoms. The molecule has 21 heavy (non-hydrogen) atoms. The van der Waals surface area contributed by atoms with Gasteiger partial charge in [-0.25, -0.2) is 4.39 Å². The van der Waals surface area contributed by atoms with E-state index in [-0.39, 0.29) is 23.7 Å². The number of nitrogens with one attached hydrogen (secondary N) is 1. The fourth-order valence-electron chi connectivity index (χ4n) is 2.27. The van der Waals surface area contributed by atoms with Crippen LogP contribution in [0.2, 0.25) is 0 Å². The zero-order valence-corrected chi connectivity index (χ0v) is 13.2. The third-order valence-electron chi connectivity index (χ3n) is 3.58. The maximum absolute atomic E-state index is 13.0. The van der Waals surface area contributed by atoms with Crippen LogP contribution in [-0.2, 0) is 11.2 Å². The summed E-state index contributed by atoms with van der Waals surface area (Å²) in [6.07, 6.45) is 2.94. The number of aryl methyl sites for hydroxylation is 1. The van der Waals surface area contributed by atoms with E-state index in [0.717, 1.165) is 6.20 Å². The molecule has 5 heteroatoms. The number of aliphatic hydroxyl groups is 1. The average Bonchev–Trinajstić information content (AvgIpc) is 2.42. The molecule has 4 nitrogen and oxygen atoms in total. The van der Waals surface area contributed by atoms with Gasteiger partial charge in [0.2, 0.25) is 5.91 Å². The van der Waals surface area contributed by atoms with E-state index < -0.39 is 11.9 Å². The number of nitrogens with zero attached hydrogens (tertiary/aromatic N) is 1. The lowest BCUT2D eigenvalue weighted by atomic mass is 9.80. The van der Waals surface area contributed by atoms with Gasteiger partial charge < -0.3 is 10.4 Å². The van der Waals surface area contributed by atoms with Crippen molar-refractivity contribution >= 4 is 5.91 Å². The van der Waals surface area contributed by atoms with E-state index >= 15 is 0 Å². The first-order chi connectivity index (χ1) is 9.72. The summed E-state index contributed by atoms with van der Waals surface area (Å²) < 4.78 is 13.0. The Morgan fingerprint density at radius 1 is 1.43 bits per heavy atom. The van der Waals surface area contributed by atoms with Gasteiger partial charge in [0, 0.05) is 24.6 Å². The van der Waals surface area contributed by atoms with Gasteiger partial charge >= 0.3 is 0 Å². The number of amides is 1. The predicted molar refractivity (Wildman–Crippen MR) is 80.2 cm³/mol. The SMILES string of the molecule is CC(C)C(O)C(C)(C)CNC(=O)CCc1cncc(F)c1. The number of halogens is 1. The van der Waals surface area contributed by atoms with Gasteiger partial charge in [-0.1, -0.05) is 27.7 Å². The number of aliphatic hydroxyl groups excluding tert-OH is 1. The third kappa shape index (κ3) is 5.79. The van der Waals surface area contributed by atoms with Crippen molar-refractivity contribution in [3.63, 3.8) is 0 Å². The van der Waals surface area contributed by atoms with Crippen molar-refractivity contribution in [2.24, 2.45) is 11.3 Å². The van der Waals surface area contributed by atoms with Crippen LogP contribution >= 0.6 is 0 Å². The van der Waals surface area contributed by atoms with Crippen LogP contribution in [0.5, 0.6) is 0 Å². The molecule has 0 fully saturated rings. The van der Waals surface area contributed by atoms with Crippen LogP contribution < -0.4 is 5.32 Å². The lowest BCUT2D eigenvalue weighted by Crippen LogP contribution is -2.43. The maximum Gasteiger partial charge on any atom is 0.220 e. The monoisotopic (exact) mass is 296 g/mol. The Morgan fingerprint density at radius 3 is 2.67 bits per heavy atom. The quantitative estimate of drug-likeness (QED) is 0.811. The van der Waals surface area contributed by atoms with E-state index in [2.05, 4.69) is 10.3 Å². The van der Waals surface area contributed by atoms with E-state index in [1.165, 1.54) is 6.07 Å². The summed E-state index contributed by atoms with van der Waals surface area (Å²) >= 11 is 0. The smallest absolute Gasteiger partial charge is 0.220 e. The Kier molecular flexibility index (Phi) is 6.27. The van der Waals surface area contributed by atoms with Gasteiger partial charge in [0.15, 0.2) is 0 Å². The second-order valence-corrected chi connectivity index (χ2v) is 6.47. The molecule has 0 bridgehead atoms. The molecular formula is C16H25FN2O2. The molecule has 1 atom stereocenters. The van der Waals surface area contributed by atoms with Gasteiger partial charge in [0.25, 0.3) is 0 Å². The Morgan fingerprint density at radius 2 is 2.10 bits per heavy atom. The second kappa shape index (κ2) is 7.50. The summed E-state index contributed by atoms with van der Waals surface area (Å²) in [5.74, 6) is -0.368. The Bertz CT molecular complexity index is 475. The highest BCUT2D eigenvalue weighted by Crippen LogP contribution is 2.25. The van der Waals surface area contributed by atoms with Gasteiger partial charge in [0.1, 0.15) is 5.82 Å². The summed E-state index contributed by atoms with van der Waals surface area (Å²) in [6.45, 7) is 8.16. The van der Waals surface area contributed by atoms with Gasteiger partial charge in [-0.05, 0) is 24.0 Å². The van der Waals surface area contributed by atoms with Crippen LogP contribution in [0.25, 0.3) is 0 Å². The molecule has 0 saturated heterocycles. The van der Waals surface area contributed by atoms with Crippen molar-refractivity contribution in [2.45, 2.75) is 46.6 Å². The van der Waals surface area contributed by atoms with Gasteiger partial charge in [0.05, 0.1) is 12.3 Å². The lowest BCUT2D eigenvalue weighted by molar-refractivity contribution is -0.122. The van der Waals surface area contributed by atoms with Crippen LogP contribution in [0, 0.1) is 17.2 Å². The molecular weight excluding hydrogens is 271 g/mol. The van der Waals surface area contributed by atoms with E-state index in [1.807, 2.05) is 27.7 Å². The number of pyridine rings is 1. The van der Waals surface area contributed by atoms with Gasteiger partial charge in [-0.15, -0.1) is 0 Å². The highest BCUT2D eigenvalue weighted by Gasteiger charge is 2.30. The Hall–Kier alpha value is -1.49. The highest BCUT2D eigenvalue weighted by atomic mass is 19.1. The molecule has 0 aliphatic heterocycles. The molecule has 0 aliphatic carbocycles. The zero-order chi connectivity index (χ0) is 16.0. The van der Waals surface area contributed by atoms with E-state index in [9.17, 15) is 14.3 Å². The van der Waals surface area contributed by atoms with Crippen molar-refractivity contribution < 1.29 is 14.3 Å². The average molecular weight is 296 g/mol. The topological polar surface area (TPSA) is 62.2 Å². The van der Waals surface area contributed by atoms with Crippen molar-refractivity contribution in [1.29, 1.82) is 0 Å². The van der Waals surface area contributed by atoms with E-state index in [0.29, 0.717) is 18.5 Å². The number of hydrogen-bond acceptors (Lipinski definition) is 3. The standard InChI is InChI=1S/C16H25FN2O2/c1-11(2)15(21)16(3,4)10-19-14(20)6-5-12-7-13(17)9-18-8-12/h7-9,11,15,21H,5-6,10H2,1-4H3,(H,19,20). The molecule has 118 valence electrons. The van der Waals surface area contributed by atoms with Crippen molar-refractivity contribution in [3.05, 3.63) is 29.8 Å². The predicted octanol–water partition coefficient (Wildman–Crippen LogP) is 2.31. The Labute approximate surface area is 125 Å². The summed E-state index contributed by atoms with van der Waals surface area (Å²) in [5.41, 5.74) is 0.316. The number of carbonyl (C=O) groups excluding carboxylic acids is 1. The number of rotatable bonds is 7. The van der Waals surface area contributed by atoms with Gasteiger partial charge in [-0.2, -0.15) is 0 Å². The largest absolute Gasteiger partial charge is 0.392 e.